The van der Waals surface area contributed by atoms with Gasteiger partial charge in [0.2, 0.25) is 0 Å². The predicted octanol–water partition coefficient (Wildman–Crippen LogP) is 7.55. The SMILES string of the molecule is CCCCCCCCS(=O)(=O)O.CSc1ccc(C(=NO)C(F)(F)F)cc1.c1ccc2[nH]ccc2c1. The average molecular weight is 547 g/mol. The molecule has 0 unspecified atom stereocenters. The van der Waals surface area contributed by atoms with Gasteiger partial charge in [0, 0.05) is 22.2 Å². The molecule has 0 aliphatic heterocycles. The maximum atomic E-state index is 12.3. The van der Waals surface area contributed by atoms with Crippen molar-refractivity contribution in [2.75, 3.05) is 12.0 Å². The number of para-hydroxylation sites is 1. The third kappa shape index (κ3) is 13.0. The summed E-state index contributed by atoms with van der Waals surface area (Å²) in [6.07, 6.45) is 5.26. The van der Waals surface area contributed by atoms with Crippen molar-refractivity contribution in [3.05, 3.63) is 66.4 Å². The van der Waals surface area contributed by atoms with Crippen molar-refractivity contribution in [3.63, 3.8) is 0 Å². The van der Waals surface area contributed by atoms with Gasteiger partial charge in [0.25, 0.3) is 10.1 Å². The summed E-state index contributed by atoms with van der Waals surface area (Å²) in [5.74, 6) is -0.0842. The highest BCUT2D eigenvalue weighted by atomic mass is 32.2. The number of unbranched alkanes of at least 4 members (excludes halogenated alkanes) is 5. The number of benzene rings is 2. The molecule has 0 fully saturated rings. The highest BCUT2D eigenvalue weighted by Crippen LogP contribution is 2.24. The summed E-state index contributed by atoms with van der Waals surface area (Å²) in [6.45, 7) is 2.14. The summed E-state index contributed by atoms with van der Waals surface area (Å²) in [7, 11) is -3.72. The number of H-pyrrole nitrogens is 1. The van der Waals surface area contributed by atoms with E-state index in [0.29, 0.717) is 6.42 Å². The highest BCUT2D eigenvalue weighted by Gasteiger charge is 2.37. The molecule has 0 radical (unpaired) electrons. The first-order chi connectivity index (χ1) is 17.0. The number of fused-ring (bicyclic) bond motifs is 1. The van der Waals surface area contributed by atoms with Crippen LogP contribution in [0.1, 0.15) is 51.0 Å². The number of rotatable bonds is 9. The van der Waals surface area contributed by atoms with E-state index in [9.17, 15) is 21.6 Å². The molecule has 0 atom stereocenters. The lowest BCUT2D eigenvalue weighted by Crippen LogP contribution is -2.23. The lowest BCUT2D eigenvalue weighted by molar-refractivity contribution is -0.0601. The van der Waals surface area contributed by atoms with Crippen LogP contribution in [0.3, 0.4) is 0 Å². The lowest BCUT2D eigenvalue weighted by atomic mass is 10.1. The molecule has 0 saturated heterocycles. The third-order valence-corrected chi connectivity index (χ3v) is 6.50. The molecule has 3 aromatic rings. The Morgan fingerprint density at radius 3 is 2.11 bits per heavy atom. The van der Waals surface area contributed by atoms with Crippen LogP contribution in [0, 0.1) is 0 Å². The van der Waals surface area contributed by atoms with Crippen molar-refractivity contribution in [1.82, 2.24) is 4.98 Å². The topological polar surface area (TPSA) is 103 Å². The van der Waals surface area contributed by atoms with E-state index < -0.39 is 22.0 Å². The molecule has 36 heavy (non-hydrogen) atoms. The number of nitrogens with one attached hydrogen (secondary N) is 1. The Balaban J connectivity index is 0.000000278. The zero-order valence-corrected chi connectivity index (χ0v) is 22.0. The quantitative estimate of drug-likeness (QED) is 0.0642. The fourth-order valence-electron chi connectivity index (χ4n) is 3.09. The van der Waals surface area contributed by atoms with Crippen LogP contribution in [-0.4, -0.2) is 47.1 Å². The second-order valence-corrected chi connectivity index (χ2v) is 10.2. The van der Waals surface area contributed by atoms with Crippen molar-refractivity contribution < 1.29 is 31.3 Å². The molecule has 0 spiro atoms. The first-order valence-electron chi connectivity index (χ1n) is 11.4. The Hall–Kier alpha value is -2.50. The van der Waals surface area contributed by atoms with Crippen molar-refractivity contribution in [2.24, 2.45) is 5.16 Å². The normalized spacial score (nSPS) is 11.9. The van der Waals surface area contributed by atoms with Gasteiger partial charge in [0.1, 0.15) is 0 Å². The van der Waals surface area contributed by atoms with E-state index in [2.05, 4.69) is 35.3 Å². The lowest BCUT2D eigenvalue weighted by Gasteiger charge is -2.08. The highest BCUT2D eigenvalue weighted by molar-refractivity contribution is 7.98. The number of thioether (sulfide) groups is 1. The summed E-state index contributed by atoms with van der Waals surface area (Å²) >= 11 is 1.42. The van der Waals surface area contributed by atoms with Gasteiger partial charge in [-0.25, -0.2) is 0 Å². The van der Waals surface area contributed by atoms with E-state index in [1.54, 1.807) is 0 Å². The van der Waals surface area contributed by atoms with Gasteiger partial charge >= 0.3 is 6.18 Å². The molecule has 1 heterocycles. The first kappa shape index (κ1) is 31.5. The van der Waals surface area contributed by atoms with Crippen LogP contribution in [0.15, 0.2) is 70.8 Å². The number of nitrogens with zero attached hydrogens (tertiary/aromatic N) is 1. The van der Waals surface area contributed by atoms with Gasteiger partial charge in [0.05, 0.1) is 5.75 Å². The van der Waals surface area contributed by atoms with Crippen molar-refractivity contribution in [3.8, 4) is 0 Å². The molecule has 3 rings (SSSR count). The maximum absolute atomic E-state index is 12.3. The molecule has 0 aliphatic rings. The molecule has 200 valence electrons. The smallest absolute Gasteiger partial charge is 0.410 e. The van der Waals surface area contributed by atoms with Crippen LogP contribution in [0.4, 0.5) is 13.2 Å². The van der Waals surface area contributed by atoms with Crippen molar-refractivity contribution >= 4 is 38.5 Å². The summed E-state index contributed by atoms with van der Waals surface area (Å²) < 4.78 is 65.8. The van der Waals surface area contributed by atoms with E-state index in [1.807, 2.05) is 24.6 Å². The third-order valence-electron chi connectivity index (χ3n) is 4.95. The van der Waals surface area contributed by atoms with Crippen LogP contribution >= 0.6 is 11.8 Å². The molecule has 2 aromatic carbocycles. The van der Waals surface area contributed by atoms with E-state index in [0.717, 1.165) is 17.7 Å². The summed E-state index contributed by atoms with van der Waals surface area (Å²) in [6, 6.07) is 15.9. The summed E-state index contributed by atoms with van der Waals surface area (Å²) in [5, 5.41) is 11.8. The predicted molar refractivity (Wildman–Crippen MR) is 141 cm³/mol. The van der Waals surface area contributed by atoms with Gasteiger partial charge in [-0.05, 0) is 42.3 Å². The van der Waals surface area contributed by atoms with Crippen molar-refractivity contribution in [2.45, 2.75) is 56.5 Å². The monoisotopic (exact) mass is 546 g/mol. The minimum atomic E-state index is -4.64. The molecule has 1 aromatic heterocycles. The second-order valence-electron chi connectivity index (χ2n) is 7.79. The number of hydrogen-bond acceptors (Lipinski definition) is 5. The summed E-state index contributed by atoms with van der Waals surface area (Å²) in [5.41, 5.74) is -0.226. The number of alkyl halides is 3. The van der Waals surface area contributed by atoms with Crippen LogP contribution in [0.5, 0.6) is 0 Å². The number of aromatic nitrogens is 1. The number of oxime groups is 1. The Kier molecular flexibility index (Phi) is 14.3. The van der Waals surface area contributed by atoms with Gasteiger partial charge in [0.15, 0.2) is 5.71 Å². The Labute approximate surface area is 214 Å². The molecule has 11 heteroatoms. The zero-order chi connectivity index (χ0) is 27.0. The second kappa shape index (κ2) is 16.3. The standard InChI is InChI=1S/C9H8F3NOS.C8H7N.C8H18O3S/c1-15-7-4-2-6(3-5-7)8(13-14)9(10,11)12;1-2-4-8-7(3-1)5-6-9-8;1-2-3-4-5-6-7-8-12(9,10)11/h2-5,14H,1H3;1-6,9H;2-8H2,1H3,(H,9,10,11). The van der Waals surface area contributed by atoms with Crippen LogP contribution in [0.25, 0.3) is 10.9 Å². The molecular formula is C25H33F3N2O4S2. The van der Waals surface area contributed by atoms with E-state index in [1.165, 1.54) is 66.2 Å². The minimum absolute atomic E-state index is 0.0842. The molecular weight excluding hydrogens is 513 g/mol. The molecule has 0 saturated carbocycles. The van der Waals surface area contributed by atoms with Gasteiger partial charge in [-0.2, -0.15) is 21.6 Å². The fraction of sp³-hybridized carbons (Fsp3) is 0.400. The van der Waals surface area contributed by atoms with E-state index in [4.69, 9.17) is 9.76 Å². The molecule has 3 N–H and O–H groups in total. The van der Waals surface area contributed by atoms with Gasteiger partial charge in [-0.3, -0.25) is 4.55 Å². The first-order valence-corrected chi connectivity index (χ1v) is 14.3. The summed E-state index contributed by atoms with van der Waals surface area (Å²) in [4.78, 5) is 3.97. The molecule has 0 amide bonds. The van der Waals surface area contributed by atoms with Crippen LogP contribution < -0.4 is 0 Å². The number of aromatic amines is 1. The molecule has 0 bridgehead atoms. The van der Waals surface area contributed by atoms with E-state index >= 15 is 0 Å². The Morgan fingerprint density at radius 1 is 0.972 bits per heavy atom. The maximum Gasteiger partial charge on any atom is 0.437 e. The fourth-order valence-corrected chi connectivity index (χ4v) is 4.06. The average Bonchev–Trinajstić information content (AvgIpc) is 3.31. The Bertz CT molecular complexity index is 1120. The largest absolute Gasteiger partial charge is 0.437 e. The number of hydrogen-bond donors (Lipinski definition) is 3. The molecule has 0 aliphatic carbocycles. The zero-order valence-electron chi connectivity index (χ0n) is 20.3. The van der Waals surface area contributed by atoms with Gasteiger partial charge < -0.3 is 10.2 Å². The van der Waals surface area contributed by atoms with Crippen LogP contribution in [0.2, 0.25) is 0 Å². The van der Waals surface area contributed by atoms with Gasteiger partial charge in [-0.1, -0.05) is 74.5 Å². The van der Waals surface area contributed by atoms with Gasteiger partial charge in [-0.15, -0.1) is 11.8 Å². The van der Waals surface area contributed by atoms with Crippen molar-refractivity contribution in [1.29, 1.82) is 0 Å². The minimum Gasteiger partial charge on any atom is -0.410 e. The molecule has 6 nitrogen and oxygen atoms in total. The van der Waals surface area contributed by atoms with E-state index in [-0.39, 0.29) is 11.3 Å². The Morgan fingerprint density at radius 2 is 1.58 bits per heavy atom. The van der Waals surface area contributed by atoms with Crippen LogP contribution in [-0.2, 0) is 10.1 Å². The number of halogens is 3.